The summed E-state index contributed by atoms with van der Waals surface area (Å²) < 4.78 is 0. The summed E-state index contributed by atoms with van der Waals surface area (Å²) in [6.45, 7) is 2.29. The maximum absolute atomic E-state index is 11.7. The lowest BCUT2D eigenvalue weighted by atomic mass is 10.3. The van der Waals surface area contributed by atoms with E-state index < -0.39 is 5.91 Å². The molecule has 1 aromatic heterocycles. The van der Waals surface area contributed by atoms with Gasteiger partial charge in [-0.3, -0.25) is 14.5 Å². The Hall–Kier alpha value is -1.20. The molecule has 1 amide bonds. The number of carbonyl (C=O) groups excluding carboxylic acids is 2. The molecule has 15 heavy (non-hydrogen) atoms. The summed E-state index contributed by atoms with van der Waals surface area (Å²) >= 11 is 1.46. The summed E-state index contributed by atoms with van der Waals surface area (Å²) in [5.41, 5.74) is 5.02. The zero-order valence-corrected chi connectivity index (χ0v) is 9.63. The molecule has 1 rings (SSSR count). The molecule has 0 atom stereocenters. The molecule has 82 valence electrons. The highest BCUT2D eigenvalue weighted by Crippen LogP contribution is 2.15. The monoisotopic (exact) mass is 226 g/mol. The molecule has 0 saturated heterocycles. The molecule has 5 heteroatoms. The summed E-state index contributed by atoms with van der Waals surface area (Å²) in [5, 5.41) is 0. The Labute approximate surface area is 92.7 Å². The van der Waals surface area contributed by atoms with Crippen LogP contribution in [0.15, 0.2) is 12.1 Å². The molecular formula is C10H14N2O2S. The van der Waals surface area contributed by atoms with Crippen LogP contribution in [-0.2, 0) is 4.79 Å². The van der Waals surface area contributed by atoms with E-state index in [0.29, 0.717) is 0 Å². The Balaban J connectivity index is 2.52. The Morgan fingerprint density at radius 2 is 2.07 bits per heavy atom. The van der Waals surface area contributed by atoms with Crippen LogP contribution in [0.1, 0.15) is 14.5 Å². The van der Waals surface area contributed by atoms with E-state index in [2.05, 4.69) is 0 Å². The molecule has 0 spiro atoms. The number of ketones is 1. The summed E-state index contributed by atoms with van der Waals surface area (Å²) in [6.07, 6.45) is 0. The average molecular weight is 226 g/mol. The van der Waals surface area contributed by atoms with E-state index in [4.69, 9.17) is 5.73 Å². The maximum atomic E-state index is 11.7. The second-order valence-corrected chi connectivity index (χ2v) is 4.76. The van der Waals surface area contributed by atoms with E-state index >= 15 is 0 Å². The fraction of sp³-hybridized carbons (Fsp3) is 0.400. The van der Waals surface area contributed by atoms with Crippen molar-refractivity contribution in [1.82, 2.24) is 4.90 Å². The molecule has 2 N–H and O–H groups in total. The normalized spacial score (nSPS) is 10.6. The summed E-state index contributed by atoms with van der Waals surface area (Å²) in [6, 6.07) is 3.71. The lowest BCUT2D eigenvalue weighted by Crippen LogP contribution is -2.34. The number of hydrogen-bond donors (Lipinski definition) is 1. The standard InChI is InChI=1S/C10H14N2O2S/c1-7-3-4-9(15-7)8(13)5-12(2)6-10(11)14/h3-4H,5-6H2,1-2H3,(H2,11,14). The van der Waals surface area contributed by atoms with Gasteiger partial charge in [-0.2, -0.15) is 0 Å². The summed E-state index contributed by atoms with van der Waals surface area (Å²) in [4.78, 5) is 25.7. The summed E-state index contributed by atoms with van der Waals surface area (Å²) in [5.74, 6) is -0.399. The SMILES string of the molecule is Cc1ccc(C(=O)CN(C)CC(N)=O)s1. The van der Waals surface area contributed by atoms with Crippen LogP contribution in [0.5, 0.6) is 0 Å². The number of hydrogen-bond acceptors (Lipinski definition) is 4. The van der Waals surface area contributed by atoms with Crippen LogP contribution in [0.3, 0.4) is 0 Å². The molecule has 0 aliphatic rings. The molecular weight excluding hydrogens is 212 g/mol. The Kier molecular flexibility index (Phi) is 3.99. The molecule has 0 aromatic carbocycles. The largest absolute Gasteiger partial charge is 0.369 e. The van der Waals surface area contributed by atoms with Crippen molar-refractivity contribution in [2.24, 2.45) is 5.73 Å². The van der Waals surface area contributed by atoms with Crippen molar-refractivity contribution in [3.8, 4) is 0 Å². The smallest absolute Gasteiger partial charge is 0.231 e. The molecule has 0 radical (unpaired) electrons. The van der Waals surface area contributed by atoms with Crippen LogP contribution in [-0.4, -0.2) is 36.7 Å². The first kappa shape index (κ1) is 11.9. The van der Waals surface area contributed by atoms with Crippen molar-refractivity contribution in [3.63, 3.8) is 0 Å². The first-order valence-electron chi connectivity index (χ1n) is 4.55. The summed E-state index contributed by atoms with van der Waals surface area (Å²) in [7, 11) is 1.70. The van der Waals surface area contributed by atoms with Crippen molar-refractivity contribution in [3.05, 3.63) is 21.9 Å². The number of primary amides is 1. The van der Waals surface area contributed by atoms with Crippen LogP contribution in [0.2, 0.25) is 0 Å². The van der Waals surface area contributed by atoms with Gasteiger partial charge in [0.15, 0.2) is 5.78 Å². The number of nitrogens with zero attached hydrogens (tertiary/aromatic N) is 1. The number of aryl methyl sites for hydroxylation is 1. The van der Waals surface area contributed by atoms with Gasteiger partial charge in [0.2, 0.25) is 5.91 Å². The second kappa shape index (κ2) is 5.04. The number of thiophene rings is 1. The highest BCUT2D eigenvalue weighted by molar-refractivity contribution is 7.14. The molecule has 0 bridgehead atoms. The van der Waals surface area contributed by atoms with Gasteiger partial charge in [0.1, 0.15) is 0 Å². The molecule has 4 nitrogen and oxygen atoms in total. The highest BCUT2D eigenvalue weighted by atomic mass is 32.1. The fourth-order valence-corrected chi connectivity index (χ4v) is 2.03. The number of likely N-dealkylation sites (N-methyl/N-ethyl adjacent to an activating group) is 1. The van der Waals surface area contributed by atoms with E-state index in [-0.39, 0.29) is 18.9 Å². The number of amides is 1. The van der Waals surface area contributed by atoms with Gasteiger partial charge in [0.05, 0.1) is 18.0 Å². The predicted octanol–water partition coefficient (Wildman–Crippen LogP) is 0.656. The van der Waals surface area contributed by atoms with Crippen LogP contribution in [0, 0.1) is 6.92 Å². The van der Waals surface area contributed by atoms with Crippen molar-refractivity contribution in [2.45, 2.75) is 6.92 Å². The predicted molar refractivity (Wildman–Crippen MR) is 60.1 cm³/mol. The van der Waals surface area contributed by atoms with Gasteiger partial charge in [-0.05, 0) is 26.1 Å². The number of Topliss-reactive ketones (excluding diaryl/α,β-unsaturated/α-hetero) is 1. The van der Waals surface area contributed by atoms with Crippen molar-refractivity contribution in [2.75, 3.05) is 20.1 Å². The minimum Gasteiger partial charge on any atom is -0.369 e. The first-order valence-corrected chi connectivity index (χ1v) is 5.37. The van der Waals surface area contributed by atoms with Crippen LogP contribution in [0.4, 0.5) is 0 Å². The minimum absolute atomic E-state index is 0.0249. The topological polar surface area (TPSA) is 63.4 Å². The molecule has 0 fully saturated rings. The maximum Gasteiger partial charge on any atom is 0.231 e. The van der Waals surface area contributed by atoms with Gasteiger partial charge in [0, 0.05) is 4.88 Å². The first-order chi connectivity index (χ1) is 6.99. The third-order valence-electron chi connectivity index (χ3n) is 1.85. The number of carbonyl (C=O) groups is 2. The zero-order valence-electron chi connectivity index (χ0n) is 8.82. The zero-order chi connectivity index (χ0) is 11.4. The van der Waals surface area contributed by atoms with E-state index in [1.165, 1.54) is 11.3 Å². The van der Waals surface area contributed by atoms with Crippen LogP contribution < -0.4 is 5.73 Å². The van der Waals surface area contributed by atoms with Crippen LogP contribution in [0.25, 0.3) is 0 Å². The third kappa shape index (κ3) is 3.81. The number of rotatable bonds is 5. The molecule has 0 aliphatic carbocycles. The Morgan fingerprint density at radius 1 is 1.40 bits per heavy atom. The van der Waals surface area contributed by atoms with Gasteiger partial charge in [0.25, 0.3) is 0 Å². The van der Waals surface area contributed by atoms with Crippen molar-refractivity contribution >= 4 is 23.0 Å². The van der Waals surface area contributed by atoms with Gasteiger partial charge < -0.3 is 5.73 Å². The second-order valence-electron chi connectivity index (χ2n) is 3.47. The van der Waals surface area contributed by atoms with Crippen LogP contribution >= 0.6 is 11.3 Å². The third-order valence-corrected chi connectivity index (χ3v) is 2.90. The van der Waals surface area contributed by atoms with E-state index in [0.717, 1.165) is 9.75 Å². The number of nitrogens with two attached hydrogens (primary N) is 1. The molecule has 0 aliphatic heterocycles. The van der Waals surface area contributed by atoms with E-state index in [1.54, 1.807) is 18.0 Å². The van der Waals surface area contributed by atoms with Gasteiger partial charge in [-0.1, -0.05) is 0 Å². The minimum atomic E-state index is -0.423. The lowest BCUT2D eigenvalue weighted by Gasteiger charge is -2.12. The lowest BCUT2D eigenvalue weighted by molar-refractivity contribution is -0.118. The van der Waals surface area contributed by atoms with Gasteiger partial charge in [-0.25, -0.2) is 0 Å². The fourth-order valence-electron chi connectivity index (χ4n) is 1.23. The average Bonchev–Trinajstić information content (AvgIpc) is 2.49. The highest BCUT2D eigenvalue weighted by Gasteiger charge is 2.12. The van der Waals surface area contributed by atoms with Gasteiger partial charge >= 0.3 is 0 Å². The molecule has 1 aromatic rings. The molecule has 0 saturated carbocycles. The van der Waals surface area contributed by atoms with Gasteiger partial charge in [-0.15, -0.1) is 11.3 Å². The Bertz CT molecular complexity index is 373. The van der Waals surface area contributed by atoms with Crippen molar-refractivity contribution < 1.29 is 9.59 Å². The molecule has 0 unspecified atom stereocenters. The molecule has 1 heterocycles. The quantitative estimate of drug-likeness (QED) is 0.750. The van der Waals surface area contributed by atoms with Crippen molar-refractivity contribution in [1.29, 1.82) is 0 Å². The Morgan fingerprint density at radius 3 is 2.53 bits per heavy atom. The van der Waals surface area contributed by atoms with E-state index in [1.807, 2.05) is 13.0 Å². The van der Waals surface area contributed by atoms with E-state index in [9.17, 15) is 9.59 Å².